The molecule has 0 saturated heterocycles. The first-order chi connectivity index (χ1) is 12.1. The molecule has 132 valence electrons. The Morgan fingerprint density at radius 2 is 1.80 bits per heavy atom. The van der Waals surface area contributed by atoms with Crippen molar-refractivity contribution in [2.24, 2.45) is 0 Å². The summed E-state index contributed by atoms with van der Waals surface area (Å²) in [6.45, 7) is 0. The van der Waals surface area contributed by atoms with E-state index in [1.54, 1.807) is 12.1 Å². The number of nitrogens with one attached hydrogen (secondary N) is 1. The number of hydrogen-bond acceptors (Lipinski definition) is 5. The average Bonchev–Trinajstić information content (AvgIpc) is 2.65. The Hall–Kier alpha value is -2.47. The molecule has 0 aromatic heterocycles. The zero-order valence-corrected chi connectivity index (χ0v) is 15.1. The number of ether oxygens (including phenoxy) is 2. The van der Waals surface area contributed by atoms with Crippen LogP contribution in [-0.2, 0) is 16.0 Å². The molecule has 1 N–H and O–H groups in total. The number of amides is 1. The molecule has 1 atom stereocenters. The highest BCUT2D eigenvalue weighted by Crippen LogP contribution is 2.26. The molecule has 0 aliphatic rings. The van der Waals surface area contributed by atoms with Crippen LogP contribution in [0, 0.1) is 0 Å². The number of para-hydroxylation sites is 1. The molecule has 5 nitrogen and oxygen atoms in total. The van der Waals surface area contributed by atoms with Crippen LogP contribution in [0.1, 0.15) is 21.5 Å². The number of carbonyl (C=O) groups excluding carboxylic acids is 2. The number of methoxy groups -OCH3 is 2. The summed E-state index contributed by atoms with van der Waals surface area (Å²) in [6.07, 6.45) is 0.637. The highest BCUT2D eigenvalue weighted by atomic mass is 32.1. The smallest absolute Gasteiger partial charge is 0.329 e. The van der Waals surface area contributed by atoms with E-state index in [1.807, 2.05) is 36.4 Å². The lowest BCUT2D eigenvalue weighted by atomic mass is 10.0. The quantitative estimate of drug-likeness (QED) is 0.589. The average molecular weight is 359 g/mol. The van der Waals surface area contributed by atoms with Gasteiger partial charge in [-0.25, -0.2) is 4.79 Å². The van der Waals surface area contributed by atoms with Crippen LogP contribution in [0.3, 0.4) is 0 Å². The molecule has 1 amide bonds. The lowest BCUT2D eigenvalue weighted by molar-refractivity contribution is -0.142. The molecule has 0 radical (unpaired) electrons. The van der Waals surface area contributed by atoms with Crippen molar-refractivity contribution in [2.75, 3.05) is 20.0 Å². The summed E-state index contributed by atoms with van der Waals surface area (Å²) in [4.78, 5) is 24.2. The zero-order chi connectivity index (χ0) is 18.2. The molecule has 2 aromatic carbocycles. The number of carbonyl (C=O) groups is 2. The fourth-order valence-electron chi connectivity index (χ4n) is 2.52. The number of hydrogen-bond donors (Lipinski definition) is 2. The molecular formula is C19H21NO4S. The minimum atomic E-state index is -0.816. The number of thiol groups is 1. The molecule has 0 heterocycles. The van der Waals surface area contributed by atoms with Gasteiger partial charge >= 0.3 is 5.97 Å². The highest BCUT2D eigenvalue weighted by Gasteiger charge is 2.23. The molecule has 0 spiro atoms. The van der Waals surface area contributed by atoms with E-state index >= 15 is 0 Å². The molecule has 0 aliphatic carbocycles. The molecule has 25 heavy (non-hydrogen) atoms. The van der Waals surface area contributed by atoms with Gasteiger partial charge in [-0.1, -0.05) is 42.5 Å². The van der Waals surface area contributed by atoms with E-state index in [-0.39, 0.29) is 5.75 Å². The van der Waals surface area contributed by atoms with Crippen molar-refractivity contribution in [1.82, 2.24) is 5.32 Å². The van der Waals surface area contributed by atoms with Gasteiger partial charge in [0, 0.05) is 12.2 Å². The molecule has 6 heteroatoms. The molecule has 2 aromatic rings. The Morgan fingerprint density at radius 1 is 1.08 bits per heavy atom. The van der Waals surface area contributed by atoms with Crippen LogP contribution in [0.2, 0.25) is 0 Å². The summed E-state index contributed by atoms with van der Waals surface area (Å²) in [5.41, 5.74) is 2.37. The van der Waals surface area contributed by atoms with E-state index in [0.717, 1.165) is 11.1 Å². The topological polar surface area (TPSA) is 64.6 Å². The van der Waals surface area contributed by atoms with E-state index < -0.39 is 17.9 Å². The van der Waals surface area contributed by atoms with Crippen molar-refractivity contribution in [3.8, 4) is 5.75 Å². The van der Waals surface area contributed by atoms with Gasteiger partial charge in [0.25, 0.3) is 5.91 Å². The Labute approximate surface area is 152 Å². The first-order valence-electron chi connectivity index (χ1n) is 7.80. The number of rotatable bonds is 7. The second-order valence-electron chi connectivity index (χ2n) is 5.39. The van der Waals surface area contributed by atoms with Gasteiger partial charge in [-0.3, -0.25) is 4.79 Å². The minimum absolute atomic E-state index is 0.143. The van der Waals surface area contributed by atoms with Gasteiger partial charge in [0.1, 0.15) is 11.8 Å². The first-order valence-corrected chi connectivity index (χ1v) is 8.43. The predicted molar refractivity (Wildman–Crippen MR) is 99.4 cm³/mol. The van der Waals surface area contributed by atoms with Crippen LogP contribution in [0.15, 0.2) is 48.5 Å². The van der Waals surface area contributed by atoms with Gasteiger partial charge in [0.2, 0.25) is 0 Å². The van der Waals surface area contributed by atoms with Crippen molar-refractivity contribution < 1.29 is 19.1 Å². The summed E-state index contributed by atoms with van der Waals surface area (Å²) < 4.78 is 10.1. The Kier molecular flexibility index (Phi) is 6.89. The highest BCUT2D eigenvalue weighted by molar-refractivity contribution is 7.80. The molecule has 0 unspecified atom stereocenters. The Balaban J connectivity index is 2.27. The molecule has 0 bridgehead atoms. The lowest BCUT2D eigenvalue weighted by Gasteiger charge is -2.17. The van der Waals surface area contributed by atoms with E-state index in [2.05, 4.69) is 22.7 Å². The zero-order valence-electron chi connectivity index (χ0n) is 14.2. The summed E-state index contributed by atoms with van der Waals surface area (Å²) in [5.74, 6) is -0.310. The summed E-state index contributed by atoms with van der Waals surface area (Å²) >= 11 is 4.08. The SMILES string of the molecule is COC(=O)[C@@H](CS)NC(=O)c1cccc(Cc2ccccc2)c1OC. The second-order valence-corrected chi connectivity index (χ2v) is 5.76. The van der Waals surface area contributed by atoms with Gasteiger partial charge in [-0.15, -0.1) is 0 Å². The molecule has 0 fully saturated rings. The van der Waals surface area contributed by atoms with Crippen LogP contribution >= 0.6 is 12.6 Å². The first kappa shape index (κ1) is 18.9. The largest absolute Gasteiger partial charge is 0.496 e. The predicted octanol–water partition coefficient (Wildman–Crippen LogP) is 2.49. The third-order valence-electron chi connectivity index (χ3n) is 3.76. The summed E-state index contributed by atoms with van der Waals surface area (Å²) in [5, 5.41) is 2.63. The maximum absolute atomic E-state index is 12.6. The lowest BCUT2D eigenvalue weighted by Crippen LogP contribution is -2.43. The van der Waals surface area contributed by atoms with Crippen LogP contribution in [0.4, 0.5) is 0 Å². The maximum atomic E-state index is 12.6. The van der Waals surface area contributed by atoms with Crippen LogP contribution in [0.5, 0.6) is 5.75 Å². The molecule has 2 rings (SSSR count). The second kappa shape index (κ2) is 9.13. The van der Waals surface area contributed by atoms with E-state index in [9.17, 15) is 9.59 Å². The minimum Gasteiger partial charge on any atom is -0.496 e. The van der Waals surface area contributed by atoms with E-state index in [1.165, 1.54) is 14.2 Å². The van der Waals surface area contributed by atoms with Crippen molar-refractivity contribution >= 4 is 24.5 Å². The molecule has 0 aliphatic heterocycles. The Bertz CT molecular complexity index is 733. The standard InChI is InChI=1S/C19H21NO4S/c1-23-17-14(11-13-7-4-3-5-8-13)9-6-10-15(17)18(21)20-16(12-25)19(22)24-2/h3-10,16,25H,11-12H2,1-2H3,(H,20,21)/t16-/m1/s1. The Morgan fingerprint density at radius 3 is 2.40 bits per heavy atom. The van der Waals surface area contributed by atoms with Gasteiger partial charge in [-0.2, -0.15) is 12.6 Å². The molecule has 0 saturated carbocycles. The number of benzene rings is 2. The van der Waals surface area contributed by atoms with Crippen molar-refractivity contribution in [3.05, 3.63) is 65.2 Å². The van der Waals surface area contributed by atoms with Crippen molar-refractivity contribution in [2.45, 2.75) is 12.5 Å². The van der Waals surface area contributed by atoms with Gasteiger partial charge < -0.3 is 14.8 Å². The third kappa shape index (κ3) is 4.76. The van der Waals surface area contributed by atoms with Crippen molar-refractivity contribution in [3.63, 3.8) is 0 Å². The van der Waals surface area contributed by atoms with Crippen LogP contribution in [-0.4, -0.2) is 37.9 Å². The molecular weight excluding hydrogens is 338 g/mol. The fraction of sp³-hybridized carbons (Fsp3) is 0.263. The third-order valence-corrected chi connectivity index (χ3v) is 4.12. The van der Waals surface area contributed by atoms with E-state index in [0.29, 0.717) is 17.7 Å². The van der Waals surface area contributed by atoms with Gasteiger partial charge in [0.15, 0.2) is 0 Å². The van der Waals surface area contributed by atoms with Gasteiger partial charge in [0.05, 0.1) is 19.8 Å². The maximum Gasteiger partial charge on any atom is 0.329 e. The van der Waals surface area contributed by atoms with Crippen molar-refractivity contribution in [1.29, 1.82) is 0 Å². The van der Waals surface area contributed by atoms with Gasteiger partial charge in [-0.05, 0) is 17.2 Å². The normalized spacial score (nSPS) is 11.5. The van der Waals surface area contributed by atoms with E-state index in [4.69, 9.17) is 4.74 Å². The summed E-state index contributed by atoms with van der Waals surface area (Å²) in [6, 6.07) is 14.5. The summed E-state index contributed by atoms with van der Waals surface area (Å²) in [7, 11) is 2.79. The number of esters is 1. The fourth-order valence-corrected chi connectivity index (χ4v) is 2.76. The van der Waals surface area contributed by atoms with Crippen LogP contribution in [0.25, 0.3) is 0 Å². The monoisotopic (exact) mass is 359 g/mol. The van der Waals surface area contributed by atoms with Crippen LogP contribution < -0.4 is 10.1 Å².